The van der Waals surface area contributed by atoms with E-state index in [0.29, 0.717) is 5.02 Å². The van der Waals surface area contributed by atoms with Crippen LogP contribution >= 0.6 is 11.6 Å². The number of nitrogens with two attached hydrogens (primary N) is 1. The molecule has 0 heterocycles. The van der Waals surface area contributed by atoms with Gasteiger partial charge in [-0.1, -0.05) is 51.4 Å². The van der Waals surface area contributed by atoms with Gasteiger partial charge in [0.2, 0.25) is 5.91 Å². The van der Waals surface area contributed by atoms with E-state index in [0.717, 1.165) is 11.1 Å². The van der Waals surface area contributed by atoms with Crippen LogP contribution in [-0.2, 0) is 11.2 Å². The summed E-state index contributed by atoms with van der Waals surface area (Å²) < 4.78 is 0. The fourth-order valence-corrected chi connectivity index (χ4v) is 1.29. The molecule has 1 aromatic carbocycles. The topological polar surface area (TPSA) is 43.1 Å². The lowest BCUT2D eigenvalue weighted by atomic mass is 10.1. The van der Waals surface area contributed by atoms with E-state index >= 15 is 0 Å². The Labute approximate surface area is 104 Å². The maximum absolute atomic E-state index is 10.6. The Bertz CT molecular complexity index is 311. The van der Waals surface area contributed by atoms with E-state index in [1.54, 1.807) is 0 Å². The molecule has 0 aliphatic rings. The van der Waals surface area contributed by atoms with Crippen LogP contribution in [0.1, 0.15) is 38.8 Å². The second kappa shape index (κ2) is 10.5. The van der Waals surface area contributed by atoms with Crippen molar-refractivity contribution >= 4 is 17.5 Å². The normalized spacial score (nSPS) is 8.12. The molecule has 0 atom stereocenters. The molecule has 0 saturated heterocycles. The Morgan fingerprint density at radius 1 is 1.25 bits per heavy atom. The minimum Gasteiger partial charge on any atom is -0.369 e. The van der Waals surface area contributed by atoms with Crippen molar-refractivity contribution in [3.8, 4) is 0 Å². The number of hydrogen-bond acceptors (Lipinski definition) is 1. The van der Waals surface area contributed by atoms with Crippen LogP contribution in [0.2, 0.25) is 5.02 Å². The number of aryl methyl sites for hydroxylation is 1. The molecular formula is C13H22ClNO. The summed E-state index contributed by atoms with van der Waals surface area (Å²) >= 11 is 5.87. The largest absolute Gasteiger partial charge is 0.369 e. The van der Waals surface area contributed by atoms with Crippen LogP contribution in [0.3, 0.4) is 0 Å². The Morgan fingerprint density at radius 2 is 1.75 bits per heavy atom. The zero-order valence-corrected chi connectivity index (χ0v) is 11.6. The van der Waals surface area contributed by atoms with Gasteiger partial charge in [-0.15, -0.1) is 0 Å². The van der Waals surface area contributed by atoms with Crippen molar-refractivity contribution in [2.75, 3.05) is 0 Å². The van der Waals surface area contributed by atoms with Gasteiger partial charge in [0, 0.05) is 5.02 Å². The third-order valence-electron chi connectivity index (χ3n) is 1.57. The predicted octanol–water partition coefficient (Wildman–Crippen LogP) is 3.73. The van der Waals surface area contributed by atoms with Crippen LogP contribution in [-0.4, -0.2) is 5.91 Å². The molecule has 0 aliphatic carbocycles. The van der Waals surface area contributed by atoms with Crippen molar-refractivity contribution in [3.05, 3.63) is 34.3 Å². The van der Waals surface area contributed by atoms with Gasteiger partial charge in [-0.3, -0.25) is 4.79 Å². The first kappa shape index (κ1) is 17.4. The molecule has 0 unspecified atom stereocenters. The highest BCUT2D eigenvalue weighted by atomic mass is 35.5. The van der Waals surface area contributed by atoms with Crippen LogP contribution < -0.4 is 5.73 Å². The van der Waals surface area contributed by atoms with Crippen LogP contribution in [0.5, 0.6) is 0 Å². The van der Waals surface area contributed by atoms with Crippen molar-refractivity contribution in [1.29, 1.82) is 0 Å². The molecule has 92 valence electrons. The number of rotatable bonds is 2. The lowest BCUT2D eigenvalue weighted by molar-refractivity contribution is -0.117. The number of benzene rings is 1. The highest BCUT2D eigenvalue weighted by Crippen LogP contribution is 2.17. The van der Waals surface area contributed by atoms with E-state index in [1.807, 2.05) is 52.8 Å². The number of hydrogen-bond donors (Lipinski definition) is 1. The molecule has 1 rings (SSSR count). The SMILES string of the molecule is CC.CC.Cc1ccc(CC(N)=O)c(Cl)c1. The quantitative estimate of drug-likeness (QED) is 0.845. The molecule has 2 N–H and O–H groups in total. The van der Waals surface area contributed by atoms with Crippen molar-refractivity contribution in [3.63, 3.8) is 0 Å². The molecule has 1 aromatic rings. The van der Waals surface area contributed by atoms with Crippen LogP contribution in [0.4, 0.5) is 0 Å². The molecule has 0 radical (unpaired) electrons. The Hall–Kier alpha value is -1.02. The van der Waals surface area contributed by atoms with Crippen molar-refractivity contribution in [2.24, 2.45) is 5.73 Å². The summed E-state index contributed by atoms with van der Waals surface area (Å²) in [5, 5.41) is 0.605. The minimum absolute atomic E-state index is 0.207. The minimum atomic E-state index is -0.360. The van der Waals surface area contributed by atoms with Gasteiger partial charge < -0.3 is 5.73 Å². The summed E-state index contributed by atoms with van der Waals surface area (Å²) in [6, 6.07) is 5.55. The van der Waals surface area contributed by atoms with Gasteiger partial charge in [0.1, 0.15) is 0 Å². The Kier molecular flexibility index (Phi) is 11.4. The van der Waals surface area contributed by atoms with E-state index in [2.05, 4.69) is 0 Å². The van der Waals surface area contributed by atoms with Gasteiger partial charge in [-0.2, -0.15) is 0 Å². The summed E-state index contributed by atoms with van der Waals surface area (Å²) in [5.74, 6) is -0.360. The van der Waals surface area contributed by atoms with E-state index in [1.165, 1.54) is 0 Å². The molecule has 3 heteroatoms. The smallest absolute Gasteiger partial charge is 0.221 e. The van der Waals surface area contributed by atoms with E-state index < -0.39 is 0 Å². The van der Waals surface area contributed by atoms with Crippen molar-refractivity contribution < 1.29 is 4.79 Å². The monoisotopic (exact) mass is 243 g/mol. The first-order valence-electron chi connectivity index (χ1n) is 5.63. The average molecular weight is 244 g/mol. The Morgan fingerprint density at radius 3 is 2.12 bits per heavy atom. The number of amides is 1. The maximum Gasteiger partial charge on any atom is 0.221 e. The lowest BCUT2D eigenvalue weighted by Gasteiger charge is -2.01. The van der Waals surface area contributed by atoms with E-state index in [9.17, 15) is 4.79 Å². The van der Waals surface area contributed by atoms with Gasteiger partial charge in [0.15, 0.2) is 0 Å². The molecular weight excluding hydrogens is 222 g/mol. The van der Waals surface area contributed by atoms with Crippen molar-refractivity contribution in [2.45, 2.75) is 41.0 Å². The summed E-state index contributed by atoms with van der Waals surface area (Å²) in [6.07, 6.45) is 0.207. The molecule has 16 heavy (non-hydrogen) atoms. The molecule has 0 saturated carbocycles. The third-order valence-corrected chi connectivity index (χ3v) is 1.93. The lowest BCUT2D eigenvalue weighted by Crippen LogP contribution is -2.13. The molecule has 0 aromatic heterocycles. The fourth-order valence-electron chi connectivity index (χ4n) is 0.983. The number of primary amides is 1. The highest BCUT2D eigenvalue weighted by Gasteiger charge is 2.02. The van der Waals surface area contributed by atoms with Crippen LogP contribution in [0, 0.1) is 6.92 Å². The molecule has 1 amide bonds. The maximum atomic E-state index is 10.6. The number of carbonyl (C=O) groups excluding carboxylic acids is 1. The zero-order chi connectivity index (χ0) is 13.1. The highest BCUT2D eigenvalue weighted by molar-refractivity contribution is 6.31. The van der Waals surface area contributed by atoms with Gasteiger partial charge >= 0.3 is 0 Å². The van der Waals surface area contributed by atoms with Gasteiger partial charge in [-0.05, 0) is 24.1 Å². The molecule has 0 aliphatic heterocycles. The molecule has 0 spiro atoms. The summed E-state index contributed by atoms with van der Waals surface area (Å²) in [7, 11) is 0. The molecule has 0 fully saturated rings. The fraction of sp³-hybridized carbons (Fsp3) is 0.462. The third kappa shape index (κ3) is 7.30. The van der Waals surface area contributed by atoms with E-state index in [4.69, 9.17) is 17.3 Å². The second-order valence-corrected chi connectivity index (χ2v) is 3.15. The summed E-state index contributed by atoms with van der Waals surface area (Å²) in [4.78, 5) is 10.6. The Balaban J connectivity index is 0. The number of carbonyl (C=O) groups is 1. The first-order valence-corrected chi connectivity index (χ1v) is 6.00. The molecule has 0 bridgehead atoms. The average Bonchev–Trinajstić information content (AvgIpc) is 2.28. The van der Waals surface area contributed by atoms with Gasteiger partial charge in [-0.25, -0.2) is 0 Å². The second-order valence-electron chi connectivity index (χ2n) is 2.74. The first-order chi connectivity index (χ1) is 7.59. The standard InChI is InChI=1S/C9H10ClNO.2C2H6/c1-6-2-3-7(5-9(11)12)8(10)4-6;2*1-2/h2-4H,5H2,1H3,(H2,11,12);2*1-2H3. The van der Waals surface area contributed by atoms with Gasteiger partial charge in [0.25, 0.3) is 0 Å². The van der Waals surface area contributed by atoms with Crippen LogP contribution in [0.15, 0.2) is 18.2 Å². The predicted molar refractivity (Wildman–Crippen MR) is 71.8 cm³/mol. The van der Waals surface area contributed by atoms with Gasteiger partial charge in [0.05, 0.1) is 6.42 Å². The number of halogens is 1. The summed E-state index contributed by atoms with van der Waals surface area (Å²) in [5.41, 5.74) is 6.90. The van der Waals surface area contributed by atoms with Crippen molar-refractivity contribution in [1.82, 2.24) is 0 Å². The van der Waals surface area contributed by atoms with Crippen LogP contribution in [0.25, 0.3) is 0 Å². The van der Waals surface area contributed by atoms with E-state index in [-0.39, 0.29) is 12.3 Å². The summed E-state index contributed by atoms with van der Waals surface area (Å²) in [6.45, 7) is 9.94. The molecule has 2 nitrogen and oxygen atoms in total. The zero-order valence-electron chi connectivity index (χ0n) is 10.8.